The fraction of sp³-hybridized carbons (Fsp3) is 0.800. The zero-order valence-electron chi connectivity index (χ0n) is 9.27. The van der Waals surface area contributed by atoms with Crippen LogP contribution in [0.15, 0.2) is 9.81 Å². The Morgan fingerprint density at radius 3 is 2.69 bits per heavy atom. The first kappa shape index (κ1) is 13.1. The summed E-state index contributed by atoms with van der Waals surface area (Å²) in [6.45, 7) is 4.51. The molecular formula is C10H16O3S3. The van der Waals surface area contributed by atoms with Crippen LogP contribution in [0.2, 0.25) is 0 Å². The Bertz CT molecular complexity index is 329. The van der Waals surface area contributed by atoms with E-state index in [1.165, 1.54) is 0 Å². The molecular weight excluding hydrogens is 264 g/mol. The SMILES string of the molecule is CC1(C)C2CCC1(CSOOO)C(S)=C2S. The number of fused-ring (bicyclic) bond motifs is 2. The lowest BCUT2D eigenvalue weighted by atomic mass is 9.70. The molecule has 6 heteroatoms. The Kier molecular flexibility index (Phi) is 3.61. The molecule has 1 fully saturated rings. The molecule has 2 rings (SSSR count). The van der Waals surface area contributed by atoms with Gasteiger partial charge in [-0.15, -0.1) is 29.6 Å². The van der Waals surface area contributed by atoms with Gasteiger partial charge in [0.25, 0.3) is 0 Å². The minimum absolute atomic E-state index is 0.00105. The van der Waals surface area contributed by atoms with Gasteiger partial charge in [0.1, 0.15) is 0 Å². The Hall–Kier alpha value is 0.670. The zero-order valence-corrected chi connectivity index (χ0v) is 11.9. The van der Waals surface area contributed by atoms with Crippen molar-refractivity contribution in [3.8, 4) is 0 Å². The van der Waals surface area contributed by atoms with Crippen molar-refractivity contribution in [1.82, 2.24) is 0 Å². The van der Waals surface area contributed by atoms with E-state index in [9.17, 15) is 0 Å². The average molecular weight is 280 g/mol. The van der Waals surface area contributed by atoms with E-state index in [1.807, 2.05) is 0 Å². The van der Waals surface area contributed by atoms with Gasteiger partial charge in [-0.25, -0.2) is 5.26 Å². The third kappa shape index (κ3) is 1.58. The van der Waals surface area contributed by atoms with Gasteiger partial charge in [0.05, 0.1) is 0 Å². The van der Waals surface area contributed by atoms with E-state index in [4.69, 9.17) is 5.26 Å². The Labute approximate surface area is 111 Å². The van der Waals surface area contributed by atoms with Crippen molar-refractivity contribution in [2.45, 2.75) is 26.7 Å². The summed E-state index contributed by atoms with van der Waals surface area (Å²) in [6, 6.07) is 0. The van der Waals surface area contributed by atoms with Gasteiger partial charge in [0.2, 0.25) is 0 Å². The first-order chi connectivity index (χ1) is 7.47. The van der Waals surface area contributed by atoms with Crippen molar-refractivity contribution < 1.29 is 14.6 Å². The van der Waals surface area contributed by atoms with Crippen LogP contribution in [0, 0.1) is 16.7 Å². The Morgan fingerprint density at radius 1 is 1.50 bits per heavy atom. The third-order valence-corrected chi connectivity index (χ3v) is 6.52. The summed E-state index contributed by atoms with van der Waals surface area (Å²) >= 11 is 10.3. The molecule has 0 aromatic rings. The molecule has 0 radical (unpaired) electrons. The van der Waals surface area contributed by atoms with Crippen molar-refractivity contribution in [3.63, 3.8) is 0 Å². The molecule has 2 aliphatic rings. The number of hydrogen-bond acceptors (Lipinski definition) is 6. The lowest BCUT2D eigenvalue weighted by Crippen LogP contribution is -2.34. The van der Waals surface area contributed by atoms with Gasteiger partial charge in [-0.2, -0.15) is 0 Å². The van der Waals surface area contributed by atoms with Crippen molar-refractivity contribution in [2.75, 3.05) is 5.75 Å². The molecule has 16 heavy (non-hydrogen) atoms. The van der Waals surface area contributed by atoms with Crippen molar-refractivity contribution in [3.05, 3.63) is 9.81 Å². The van der Waals surface area contributed by atoms with E-state index < -0.39 is 0 Å². The van der Waals surface area contributed by atoms with Gasteiger partial charge in [-0.05, 0) is 34.0 Å². The van der Waals surface area contributed by atoms with Crippen LogP contribution in [0.3, 0.4) is 0 Å². The summed E-state index contributed by atoms with van der Waals surface area (Å²) in [6.07, 6.45) is 2.24. The van der Waals surface area contributed by atoms with Gasteiger partial charge in [-0.1, -0.05) is 18.9 Å². The van der Waals surface area contributed by atoms with Crippen LogP contribution in [0.25, 0.3) is 0 Å². The minimum Gasteiger partial charge on any atom is -0.220 e. The van der Waals surface area contributed by atoms with Gasteiger partial charge in [0, 0.05) is 23.2 Å². The predicted molar refractivity (Wildman–Crippen MR) is 71.2 cm³/mol. The van der Waals surface area contributed by atoms with Crippen LogP contribution in [-0.2, 0) is 9.37 Å². The van der Waals surface area contributed by atoms with Gasteiger partial charge >= 0.3 is 0 Å². The molecule has 92 valence electrons. The van der Waals surface area contributed by atoms with Crippen LogP contribution < -0.4 is 0 Å². The molecule has 2 atom stereocenters. The smallest absolute Gasteiger partial charge is 0.0355 e. The fourth-order valence-electron chi connectivity index (χ4n) is 3.19. The van der Waals surface area contributed by atoms with E-state index in [0.717, 1.165) is 40.4 Å². The largest absolute Gasteiger partial charge is 0.220 e. The minimum atomic E-state index is 0.00105. The van der Waals surface area contributed by atoms with E-state index in [0.29, 0.717) is 5.92 Å². The lowest BCUT2D eigenvalue weighted by molar-refractivity contribution is -0.432. The maximum absolute atomic E-state index is 8.17. The number of hydrogen-bond donors (Lipinski definition) is 3. The van der Waals surface area contributed by atoms with Crippen molar-refractivity contribution in [1.29, 1.82) is 0 Å². The van der Waals surface area contributed by atoms with Gasteiger partial charge in [-0.3, -0.25) is 0 Å². The second-order valence-corrected chi connectivity index (χ2v) is 6.62. The maximum atomic E-state index is 8.17. The topological polar surface area (TPSA) is 38.7 Å². The summed E-state index contributed by atoms with van der Waals surface area (Å²) in [5.74, 6) is 1.22. The van der Waals surface area contributed by atoms with E-state index in [2.05, 4.69) is 48.5 Å². The number of thiol groups is 2. The second-order valence-electron chi connectivity index (χ2n) is 5.03. The molecule has 2 aliphatic carbocycles. The summed E-state index contributed by atoms with van der Waals surface area (Å²) in [4.78, 5) is 2.19. The molecule has 0 aromatic heterocycles. The van der Waals surface area contributed by atoms with Crippen molar-refractivity contribution in [2.24, 2.45) is 16.7 Å². The molecule has 2 unspecified atom stereocenters. The van der Waals surface area contributed by atoms with E-state index >= 15 is 0 Å². The highest BCUT2D eigenvalue weighted by molar-refractivity contribution is 7.94. The quantitative estimate of drug-likeness (QED) is 0.242. The highest BCUT2D eigenvalue weighted by atomic mass is 32.2. The molecule has 0 spiro atoms. The maximum Gasteiger partial charge on any atom is 0.0355 e. The van der Waals surface area contributed by atoms with Crippen LogP contribution in [0.4, 0.5) is 0 Å². The normalized spacial score (nSPS) is 36.2. The van der Waals surface area contributed by atoms with Crippen molar-refractivity contribution >= 4 is 37.3 Å². The highest BCUT2D eigenvalue weighted by Gasteiger charge is 2.61. The first-order valence-corrected chi connectivity index (χ1v) is 7.00. The molecule has 2 bridgehead atoms. The molecule has 0 aliphatic heterocycles. The Morgan fingerprint density at radius 2 is 2.19 bits per heavy atom. The fourth-order valence-corrected chi connectivity index (χ4v) is 5.55. The van der Waals surface area contributed by atoms with Crippen LogP contribution in [0.1, 0.15) is 26.7 Å². The number of allylic oxidation sites excluding steroid dienone is 2. The molecule has 1 saturated carbocycles. The molecule has 0 saturated heterocycles. The van der Waals surface area contributed by atoms with Gasteiger partial charge in [0.15, 0.2) is 0 Å². The summed E-state index contributed by atoms with van der Waals surface area (Å²) in [7, 11) is 0. The monoisotopic (exact) mass is 280 g/mol. The predicted octanol–water partition coefficient (Wildman–Crippen LogP) is 3.56. The van der Waals surface area contributed by atoms with E-state index in [-0.39, 0.29) is 10.8 Å². The summed E-state index contributed by atoms with van der Waals surface area (Å²) in [5, 5.41) is 11.8. The lowest BCUT2D eigenvalue weighted by Gasteiger charge is -2.38. The molecule has 1 N–H and O–H groups in total. The van der Waals surface area contributed by atoms with E-state index in [1.54, 1.807) is 0 Å². The van der Waals surface area contributed by atoms with Crippen LogP contribution in [-0.4, -0.2) is 11.0 Å². The average Bonchev–Trinajstić information content (AvgIpc) is 2.55. The highest BCUT2D eigenvalue weighted by Crippen LogP contribution is 2.70. The second kappa shape index (κ2) is 4.40. The standard InChI is InChI=1S/C10H16O3S3/c1-9(2)6-3-4-10(9,5-16-13-12-11)8(15)7(6)14/h6,11,14-15H,3-5H2,1-2H3. The summed E-state index contributed by atoms with van der Waals surface area (Å²) in [5.41, 5.74) is 0.147. The van der Waals surface area contributed by atoms with Gasteiger partial charge < -0.3 is 0 Å². The third-order valence-electron chi connectivity index (χ3n) is 4.37. The molecule has 3 nitrogen and oxygen atoms in total. The van der Waals surface area contributed by atoms with Crippen LogP contribution >= 0.6 is 37.3 Å². The molecule has 0 heterocycles. The van der Waals surface area contributed by atoms with Crippen LogP contribution in [0.5, 0.6) is 0 Å². The molecule has 0 aromatic carbocycles. The number of rotatable bonds is 4. The zero-order chi connectivity index (χ0) is 12.0. The molecule has 0 amide bonds. The Balaban J connectivity index is 2.23. The first-order valence-electron chi connectivity index (χ1n) is 5.19. The summed E-state index contributed by atoms with van der Waals surface area (Å²) < 4.78 is 4.51.